The molecule has 1 aromatic rings. The molecule has 8 heteroatoms. The summed E-state index contributed by atoms with van der Waals surface area (Å²) in [6.07, 6.45) is 0.322. The molecule has 1 unspecified atom stereocenters. The van der Waals surface area contributed by atoms with Crippen LogP contribution in [0.1, 0.15) is 25.8 Å². The summed E-state index contributed by atoms with van der Waals surface area (Å²) in [5.74, 6) is 0.306. The number of methoxy groups -OCH3 is 1. The van der Waals surface area contributed by atoms with Crippen LogP contribution in [0.25, 0.3) is 0 Å². The number of ketones is 1. The first-order valence-electron chi connectivity index (χ1n) is 7.37. The van der Waals surface area contributed by atoms with Crippen molar-refractivity contribution in [3.8, 4) is 11.5 Å². The van der Waals surface area contributed by atoms with E-state index in [1.807, 2.05) is 6.92 Å². The topological polar surface area (TPSA) is 86.2 Å². The first-order chi connectivity index (χ1) is 11.4. The van der Waals surface area contributed by atoms with Crippen LogP contribution in [0.3, 0.4) is 0 Å². The van der Waals surface area contributed by atoms with Crippen LogP contribution in [0.5, 0.6) is 11.5 Å². The molecule has 1 aromatic carbocycles. The van der Waals surface area contributed by atoms with Crippen LogP contribution in [0.2, 0.25) is 5.02 Å². The van der Waals surface area contributed by atoms with Crippen molar-refractivity contribution in [3.05, 3.63) is 22.7 Å². The number of amides is 1. The lowest BCUT2D eigenvalue weighted by molar-refractivity contribution is -0.122. The maximum Gasteiger partial charge on any atom is 0.240 e. The highest BCUT2D eigenvalue weighted by Gasteiger charge is 2.26. The molecule has 0 fully saturated rings. The van der Waals surface area contributed by atoms with Crippen LogP contribution in [0.15, 0.2) is 17.2 Å². The van der Waals surface area contributed by atoms with Gasteiger partial charge in [-0.25, -0.2) is 5.43 Å². The van der Waals surface area contributed by atoms with Crippen LogP contribution in [0, 0.1) is 5.92 Å². The van der Waals surface area contributed by atoms with Crippen molar-refractivity contribution < 1.29 is 23.8 Å². The Morgan fingerprint density at radius 2 is 2.17 bits per heavy atom. The minimum atomic E-state index is -0.141. The van der Waals surface area contributed by atoms with Crippen LogP contribution in [-0.4, -0.2) is 37.9 Å². The Hall–Kier alpha value is -2.12. The van der Waals surface area contributed by atoms with Gasteiger partial charge in [-0.3, -0.25) is 9.59 Å². The molecule has 1 aliphatic rings. The number of hydrazone groups is 1. The molecule has 24 heavy (non-hydrogen) atoms. The Morgan fingerprint density at radius 1 is 1.42 bits per heavy atom. The van der Waals surface area contributed by atoms with Crippen molar-refractivity contribution in [3.63, 3.8) is 0 Å². The number of carbonyl (C=O) groups is 2. The van der Waals surface area contributed by atoms with E-state index >= 15 is 0 Å². The Balaban J connectivity index is 2.41. The third-order valence-corrected chi connectivity index (χ3v) is 3.71. The second-order valence-electron chi connectivity index (χ2n) is 5.43. The zero-order valence-electron chi connectivity index (χ0n) is 13.7. The number of nitrogens with one attached hydrogen (secondary N) is 1. The number of nitrogens with zero attached hydrogens (tertiary/aromatic N) is 1. The van der Waals surface area contributed by atoms with E-state index in [9.17, 15) is 9.59 Å². The van der Waals surface area contributed by atoms with Gasteiger partial charge in [0.05, 0.1) is 5.71 Å². The predicted octanol–water partition coefficient (Wildman–Crippen LogP) is 2.15. The van der Waals surface area contributed by atoms with E-state index in [0.717, 1.165) is 0 Å². The van der Waals surface area contributed by atoms with Gasteiger partial charge in [0.15, 0.2) is 18.3 Å². The number of hydrogen-bond acceptors (Lipinski definition) is 6. The number of hydrogen-bond donors (Lipinski definition) is 1. The minimum Gasteiger partial charge on any atom is -0.484 e. The van der Waals surface area contributed by atoms with Crippen molar-refractivity contribution in [2.24, 2.45) is 11.0 Å². The molecular formula is C16H19ClN2O5. The zero-order valence-corrected chi connectivity index (χ0v) is 14.5. The van der Waals surface area contributed by atoms with Gasteiger partial charge in [-0.05, 0) is 19.1 Å². The summed E-state index contributed by atoms with van der Waals surface area (Å²) in [4.78, 5) is 22.5. The molecule has 0 saturated heterocycles. The van der Waals surface area contributed by atoms with E-state index in [1.54, 1.807) is 12.1 Å². The van der Waals surface area contributed by atoms with E-state index < -0.39 is 0 Å². The molecule has 0 saturated carbocycles. The molecule has 0 spiro atoms. The molecule has 130 valence electrons. The van der Waals surface area contributed by atoms with Crippen LogP contribution in [-0.2, 0) is 14.3 Å². The quantitative estimate of drug-likeness (QED) is 0.758. The summed E-state index contributed by atoms with van der Waals surface area (Å²) < 4.78 is 15.9. The summed E-state index contributed by atoms with van der Waals surface area (Å²) in [5, 5.41) is 4.34. The number of benzene rings is 1. The first kappa shape index (κ1) is 18.2. The van der Waals surface area contributed by atoms with Gasteiger partial charge in [0.25, 0.3) is 0 Å². The van der Waals surface area contributed by atoms with Gasteiger partial charge >= 0.3 is 0 Å². The molecular weight excluding hydrogens is 336 g/mol. The largest absolute Gasteiger partial charge is 0.484 e. The summed E-state index contributed by atoms with van der Waals surface area (Å²) in [5.41, 5.74) is 3.75. The van der Waals surface area contributed by atoms with Gasteiger partial charge in [0.1, 0.15) is 17.4 Å². The number of Topliss-reactive ketones (excluding diaryl/α,β-unsaturated/α-hetero) is 1. The molecule has 1 N–H and O–H groups in total. The number of carbonyl (C=O) groups excluding carboxylic acids is 2. The molecule has 7 nitrogen and oxygen atoms in total. The van der Waals surface area contributed by atoms with Crippen molar-refractivity contribution in [2.75, 3.05) is 20.5 Å². The SMILES string of the molecule is COCOc1c(C2=NNC(=O)CC2C)ccc(OCC(C)=O)c1Cl. The number of rotatable bonds is 7. The standard InChI is InChI=1S/C16H19ClN2O5/c1-9-6-13(21)18-19-15(9)11-4-5-12(23-7-10(2)20)14(17)16(11)24-8-22-3/h4-5,9H,6-8H2,1-3H3,(H,18,21). The van der Waals surface area contributed by atoms with Gasteiger partial charge in [0, 0.05) is 25.0 Å². The summed E-state index contributed by atoms with van der Waals surface area (Å²) in [6.45, 7) is 3.21. The predicted molar refractivity (Wildman–Crippen MR) is 88.6 cm³/mol. The maximum absolute atomic E-state index is 11.4. The van der Waals surface area contributed by atoms with Crippen LogP contribution >= 0.6 is 11.6 Å². The van der Waals surface area contributed by atoms with Gasteiger partial charge < -0.3 is 14.2 Å². The van der Waals surface area contributed by atoms with Crippen molar-refractivity contribution in [1.82, 2.24) is 5.43 Å². The molecule has 2 rings (SSSR count). The Morgan fingerprint density at radius 3 is 2.79 bits per heavy atom. The normalized spacial score (nSPS) is 17.1. The van der Waals surface area contributed by atoms with Crippen molar-refractivity contribution >= 4 is 29.0 Å². The van der Waals surface area contributed by atoms with Crippen molar-refractivity contribution in [2.45, 2.75) is 20.3 Å². The molecule has 1 aliphatic heterocycles. The molecule has 0 radical (unpaired) electrons. The molecule has 0 bridgehead atoms. The van der Waals surface area contributed by atoms with Gasteiger partial charge in [0.2, 0.25) is 5.91 Å². The lowest BCUT2D eigenvalue weighted by Gasteiger charge is -2.22. The summed E-state index contributed by atoms with van der Waals surface area (Å²) in [7, 11) is 1.49. The average molecular weight is 355 g/mol. The van der Waals surface area contributed by atoms with E-state index in [1.165, 1.54) is 14.0 Å². The Bertz CT molecular complexity index is 675. The number of halogens is 1. The van der Waals surface area contributed by atoms with Gasteiger partial charge in [-0.1, -0.05) is 18.5 Å². The zero-order chi connectivity index (χ0) is 17.7. The lowest BCUT2D eigenvalue weighted by Crippen LogP contribution is -2.32. The molecule has 0 aliphatic carbocycles. The first-order valence-corrected chi connectivity index (χ1v) is 7.75. The monoisotopic (exact) mass is 354 g/mol. The molecule has 1 amide bonds. The summed E-state index contributed by atoms with van der Waals surface area (Å²) in [6, 6.07) is 3.38. The van der Waals surface area contributed by atoms with E-state index in [-0.39, 0.29) is 36.0 Å². The minimum absolute atomic E-state index is 0.0170. The highest BCUT2D eigenvalue weighted by Crippen LogP contribution is 2.39. The average Bonchev–Trinajstić information content (AvgIpc) is 2.52. The fourth-order valence-corrected chi connectivity index (χ4v) is 2.54. The second-order valence-corrected chi connectivity index (χ2v) is 5.81. The highest BCUT2D eigenvalue weighted by atomic mass is 35.5. The molecule has 1 atom stereocenters. The van der Waals surface area contributed by atoms with E-state index in [4.69, 9.17) is 25.8 Å². The third kappa shape index (κ3) is 4.24. The molecule has 0 aromatic heterocycles. The smallest absolute Gasteiger partial charge is 0.240 e. The van der Waals surface area contributed by atoms with Crippen LogP contribution < -0.4 is 14.9 Å². The van der Waals surface area contributed by atoms with Gasteiger partial charge in [-0.2, -0.15) is 5.10 Å². The van der Waals surface area contributed by atoms with Crippen LogP contribution in [0.4, 0.5) is 0 Å². The lowest BCUT2D eigenvalue weighted by atomic mass is 9.93. The number of ether oxygens (including phenoxy) is 3. The highest BCUT2D eigenvalue weighted by molar-refractivity contribution is 6.34. The summed E-state index contributed by atoms with van der Waals surface area (Å²) >= 11 is 6.37. The van der Waals surface area contributed by atoms with E-state index in [2.05, 4.69) is 10.5 Å². The van der Waals surface area contributed by atoms with Gasteiger partial charge in [-0.15, -0.1) is 0 Å². The fraction of sp³-hybridized carbons (Fsp3) is 0.438. The molecule has 1 heterocycles. The second kappa shape index (κ2) is 8.12. The van der Waals surface area contributed by atoms with E-state index in [0.29, 0.717) is 29.2 Å². The third-order valence-electron chi connectivity index (χ3n) is 3.35. The Kier molecular flexibility index (Phi) is 6.16. The fourth-order valence-electron chi connectivity index (χ4n) is 2.27. The van der Waals surface area contributed by atoms with Crippen molar-refractivity contribution in [1.29, 1.82) is 0 Å². The Labute approximate surface area is 144 Å². The maximum atomic E-state index is 11.4.